The number of carboxylic acid groups (broad SMARTS) is 1. The molecule has 0 aromatic heterocycles. The van der Waals surface area contributed by atoms with Gasteiger partial charge >= 0.3 is 5.97 Å². The highest BCUT2D eigenvalue weighted by Gasteiger charge is 2.37. The Morgan fingerprint density at radius 3 is 2.59 bits per heavy atom. The molecule has 1 heterocycles. The van der Waals surface area contributed by atoms with Crippen LogP contribution in [0.2, 0.25) is 5.02 Å². The minimum absolute atomic E-state index is 0.0722. The summed E-state index contributed by atoms with van der Waals surface area (Å²) in [5.41, 5.74) is 0.374. The number of rotatable bonds is 4. The molecule has 1 saturated heterocycles. The van der Waals surface area contributed by atoms with Crippen LogP contribution in [-0.2, 0) is 4.79 Å². The Labute approximate surface area is 134 Å². The Morgan fingerprint density at radius 2 is 2.05 bits per heavy atom. The first-order valence-electron chi connectivity index (χ1n) is 7.28. The number of benzene rings is 1. The second-order valence-electron chi connectivity index (χ2n) is 5.94. The first kappa shape index (κ1) is 16.6. The number of halogens is 1. The third-order valence-corrected chi connectivity index (χ3v) is 3.99. The van der Waals surface area contributed by atoms with Crippen molar-refractivity contribution in [2.45, 2.75) is 26.9 Å². The van der Waals surface area contributed by atoms with E-state index in [0.717, 1.165) is 0 Å². The lowest BCUT2D eigenvalue weighted by molar-refractivity contribution is -0.142. The molecule has 0 saturated carbocycles. The van der Waals surface area contributed by atoms with Crippen molar-refractivity contribution in [2.24, 2.45) is 11.8 Å². The van der Waals surface area contributed by atoms with E-state index in [1.54, 1.807) is 23.1 Å². The summed E-state index contributed by atoms with van der Waals surface area (Å²) in [6, 6.07) is 4.91. The maximum Gasteiger partial charge on any atom is 0.308 e. The van der Waals surface area contributed by atoms with Crippen LogP contribution in [0.1, 0.15) is 31.1 Å². The summed E-state index contributed by atoms with van der Waals surface area (Å²) in [6.45, 7) is 6.23. The molecule has 2 rings (SSSR count). The molecule has 1 N–H and O–H groups in total. The standard InChI is InChI=1S/C16H20ClNO4/c1-9(2)22-14-5-4-11(17)6-12(14)15(19)18-7-10(3)13(8-18)16(20)21/h4-6,9-10,13H,7-8H2,1-3H3,(H,20,21)/t10-,13-/m1/s1. The minimum Gasteiger partial charge on any atom is -0.490 e. The smallest absolute Gasteiger partial charge is 0.308 e. The van der Waals surface area contributed by atoms with E-state index < -0.39 is 11.9 Å². The predicted octanol–water partition coefficient (Wildman–Crippen LogP) is 2.92. The van der Waals surface area contributed by atoms with Gasteiger partial charge < -0.3 is 14.7 Å². The molecular weight excluding hydrogens is 306 g/mol. The number of carboxylic acids is 1. The topological polar surface area (TPSA) is 66.8 Å². The summed E-state index contributed by atoms with van der Waals surface area (Å²) >= 11 is 5.99. The molecule has 0 aliphatic carbocycles. The fourth-order valence-electron chi connectivity index (χ4n) is 2.65. The average molecular weight is 326 g/mol. The molecule has 0 unspecified atom stereocenters. The fraction of sp³-hybridized carbons (Fsp3) is 0.500. The second-order valence-corrected chi connectivity index (χ2v) is 6.38. The Hall–Kier alpha value is -1.75. The lowest BCUT2D eigenvalue weighted by Gasteiger charge is -2.19. The lowest BCUT2D eigenvalue weighted by atomic mass is 9.99. The Kier molecular flexibility index (Phi) is 4.96. The monoisotopic (exact) mass is 325 g/mol. The molecule has 0 spiro atoms. The van der Waals surface area contributed by atoms with Gasteiger partial charge in [0.1, 0.15) is 5.75 Å². The van der Waals surface area contributed by atoms with Gasteiger partial charge in [-0.05, 0) is 38.0 Å². The SMILES string of the molecule is CC(C)Oc1ccc(Cl)cc1C(=O)N1C[C@@H](C)[C@H](C(=O)O)C1. The number of aliphatic carboxylic acids is 1. The normalized spacial score (nSPS) is 21.2. The van der Waals surface area contributed by atoms with Crippen LogP contribution in [-0.4, -0.2) is 41.1 Å². The van der Waals surface area contributed by atoms with Gasteiger partial charge in [-0.25, -0.2) is 0 Å². The minimum atomic E-state index is -0.868. The van der Waals surface area contributed by atoms with Crippen LogP contribution < -0.4 is 4.74 Å². The van der Waals surface area contributed by atoms with E-state index >= 15 is 0 Å². The highest BCUT2D eigenvalue weighted by atomic mass is 35.5. The molecule has 1 aliphatic heterocycles. The van der Waals surface area contributed by atoms with Gasteiger partial charge in [0.25, 0.3) is 5.91 Å². The zero-order chi connectivity index (χ0) is 16.4. The van der Waals surface area contributed by atoms with Crippen LogP contribution in [0.25, 0.3) is 0 Å². The zero-order valence-electron chi connectivity index (χ0n) is 12.9. The first-order chi connectivity index (χ1) is 10.3. The highest BCUT2D eigenvalue weighted by Crippen LogP contribution is 2.29. The number of nitrogens with zero attached hydrogens (tertiary/aromatic N) is 1. The molecular formula is C16H20ClNO4. The number of hydrogen-bond donors (Lipinski definition) is 1. The molecule has 1 aliphatic rings. The molecule has 0 bridgehead atoms. The van der Waals surface area contributed by atoms with Gasteiger partial charge in [-0.1, -0.05) is 18.5 Å². The van der Waals surface area contributed by atoms with Crippen molar-refractivity contribution >= 4 is 23.5 Å². The number of carbonyl (C=O) groups is 2. The van der Waals surface area contributed by atoms with Crippen molar-refractivity contribution in [2.75, 3.05) is 13.1 Å². The third-order valence-electron chi connectivity index (χ3n) is 3.75. The highest BCUT2D eigenvalue weighted by molar-refractivity contribution is 6.31. The van der Waals surface area contributed by atoms with E-state index in [2.05, 4.69) is 0 Å². The van der Waals surface area contributed by atoms with Crippen LogP contribution in [0, 0.1) is 11.8 Å². The molecule has 120 valence electrons. The van der Waals surface area contributed by atoms with Crippen LogP contribution in [0.3, 0.4) is 0 Å². The van der Waals surface area contributed by atoms with Crippen molar-refractivity contribution in [3.63, 3.8) is 0 Å². The quantitative estimate of drug-likeness (QED) is 0.924. The number of carbonyl (C=O) groups excluding carboxylic acids is 1. The van der Waals surface area contributed by atoms with Gasteiger partial charge in [0.05, 0.1) is 17.6 Å². The van der Waals surface area contributed by atoms with E-state index in [1.165, 1.54) is 0 Å². The molecule has 22 heavy (non-hydrogen) atoms. The van der Waals surface area contributed by atoms with E-state index in [4.69, 9.17) is 16.3 Å². The maximum absolute atomic E-state index is 12.7. The number of hydrogen-bond acceptors (Lipinski definition) is 3. The van der Waals surface area contributed by atoms with Crippen molar-refractivity contribution in [1.82, 2.24) is 4.90 Å². The van der Waals surface area contributed by atoms with Crippen LogP contribution in [0.15, 0.2) is 18.2 Å². The largest absolute Gasteiger partial charge is 0.490 e. The summed E-state index contributed by atoms with van der Waals surface area (Å²) in [7, 11) is 0. The van der Waals surface area contributed by atoms with Crippen molar-refractivity contribution in [3.8, 4) is 5.75 Å². The third kappa shape index (κ3) is 3.53. The maximum atomic E-state index is 12.7. The molecule has 1 fully saturated rings. The Morgan fingerprint density at radius 1 is 1.36 bits per heavy atom. The summed E-state index contributed by atoms with van der Waals surface area (Å²) in [5.74, 6) is -1.25. The average Bonchev–Trinajstić information content (AvgIpc) is 2.81. The van der Waals surface area contributed by atoms with Crippen LogP contribution in [0.4, 0.5) is 0 Å². The van der Waals surface area contributed by atoms with E-state index in [-0.39, 0.29) is 24.5 Å². The molecule has 2 atom stereocenters. The molecule has 6 heteroatoms. The molecule has 5 nitrogen and oxygen atoms in total. The number of ether oxygens (including phenoxy) is 1. The van der Waals surface area contributed by atoms with E-state index in [0.29, 0.717) is 22.9 Å². The van der Waals surface area contributed by atoms with Gasteiger partial charge in [-0.2, -0.15) is 0 Å². The first-order valence-corrected chi connectivity index (χ1v) is 7.65. The molecule has 1 aromatic carbocycles. The van der Waals surface area contributed by atoms with Gasteiger partial charge in [-0.3, -0.25) is 9.59 Å². The summed E-state index contributed by atoms with van der Waals surface area (Å²) in [5, 5.41) is 9.63. The molecule has 1 aromatic rings. The van der Waals surface area contributed by atoms with Crippen molar-refractivity contribution in [1.29, 1.82) is 0 Å². The second kappa shape index (κ2) is 6.57. The van der Waals surface area contributed by atoms with Crippen LogP contribution >= 0.6 is 11.6 Å². The fourth-order valence-corrected chi connectivity index (χ4v) is 2.82. The van der Waals surface area contributed by atoms with Crippen LogP contribution in [0.5, 0.6) is 5.75 Å². The lowest BCUT2D eigenvalue weighted by Crippen LogP contribution is -2.30. The van der Waals surface area contributed by atoms with Gasteiger partial charge in [0, 0.05) is 18.1 Å². The summed E-state index contributed by atoms with van der Waals surface area (Å²) < 4.78 is 5.66. The summed E-state index contributed by atoms with van der Waals surface area (Å²) in [4.78, 5) is 25.5. The van der Waals surface area contributed by atoms with Gasteiger partial charge in [-0.15, -0.1) is 0 Å². The van der Waals surface area contributed by atoms with E-state index in [9.17, 15) is 14.7 Å². The molecule has 1 amide bonds. The van der Waals surface area contributed by atoms with Gasteiger partial charge in [0.2, 0.25) is 0 Å². The molecule has 0 radical (unpaired) electrons. The zero-order valence-corrected chi connectivity index (χ0v) is 13.6. The number of likely N-dealkylation sites (tertiary alicyclic amines) is 1. The van der Waals surface area contributed by atoms with Crippen molar-refractivity contribution < 1.29 is 19.4 Å². The summed E-state index contributed by atoms with van der Waals surface area (Å²) in [6.07, 6.45) is -0.0722. The van der Waals surface area contributed by atoms with Gasteiger partial charge in [0.15, 0.2) is 0 Å². The van der Waals surface area contributed by atoms with E-state index in [1.807, 2.05) is 20.8 Å². The number of amides is 1. The Bertz CT molecular complexity index is 588. The predicted molar refractivity (Wildman–Crippen MR) is 83.4 cm³/mol. The Balaban J connectivity index is 2.26. The van der Waals surface area contributed by atoms with Crippen molar-refractivity contribution in [3.05, 3.63) is 28.8 Å².